The van der Waals surface area contributed by atoms with Crippen molar-refractivity contribution in [3.8, 4) is 11.4 Å². The van der Waals surface area contributed by atoms with Crippen LogP contribution in [0.15, 0.2) is 16.9 Å². The van der Waals surface area contributed by atoms with Crippen LogP contribution in [-0.4, -0.2) is 20.6 Å². The number of pyridine rings is 2. The minimum atomic E-state index is -1.90. The number of aromatic nitrogens is 2. The second kappa shape index (κ2) is 6.25. The van der Waals surface area contributed by atoms with Gasteiger partial charge in [-0.2, -0.15) is 0 Å². The Morgan fingerprint density at radius 1 is 1.16 bits per heavy atom. The summed E-state index contributed by atoms with van der Waals surface area (Å²) in [6.45, 7) is 5.47. The number of halogens is 1. The van der Waals surface area contributed by atoms with Crippen LogP contribution in [-0.2, 0) is 41.1 Å². The second-order valence-corrected chi connectivity index (χ2v) is 9.44. The van der Waals surface area contributed by atoms with E-state index >= 15 is 0 Å². The van der Waals surface area contributed by atoms with Crippen molar-refractivity contribution in [3.63, 3.8) is 0 Å². The van der Waals surface area contributed by atoms with E-state index in [2.05, 4.69) is 0 Å². The summed E-state index contributed by atoms with van der Waals surface area (Å²) in [5.74, 6) is -1.50. The number of ether oxygens (including phenoxy) is 1. The maximum absolute atomic E-state index is 14.6. The van der Waals surface area contributed by atoms with E-state index in [-0.39, 0.29) is 18.0 Å². The first-order chi connectivity index (χ1) is 15.2. The Kier molecular flexibility index (Phi) is 3.83. The van der Waals surface area contributed by atoms with Crippen molar-refractivity contribution in [1.82, 2.24) is 9.55 Å². The molecule has 3 aromatic rings. The highest BCUT2D eigenvalue weighted by atomic mass is 19.1. The van der Waals surface area contributed by atoms with Crippen molar-refractivity contribution in [2.24, 2.45) is 5.92 Å². The molecule has 0 radical (unpaired) electrons. The van der Waals surface area contributed by atoms with Crippen LogP contribution < -0.4 is 5.56 Å². The van der Waals surface area contributed by atoms with Crippen LogP contribution in [0.3, 0.4) is 0 Å². The fourth-order valence-electron chi connectivity index (χ4n) is 5.69. The van der Waals surface area contributed by atoms with Crippen molar-refractivity contribution >= 4 is 16.9 Å². The second-order valence-electron chi connectivity index (χ2n) is 9.44. The molecule has 0 saturated carbocycles. The van der Waals surface area contributed by atoms with E-state index in [9.17, 15) is 19.1 Å². The predicted octanol–water partition coefficient (Wildman–Crippen LogP) is 3.26. The third kappa shape index (κ3) is 2.24. The SMILES string of the molecule is Cc1c(F)cc2nc3c(c4c2c1CCC4)Cn1c-3cc2c(c1=O)COC(=O)[C@]2(O)C(C)C. The molecule has 0 unspecified atom stereocenters. The molecule has 164 valence electrons. The number of fused-ring (bicyclic) bond motifs is 5. The van der Waals surface area contributed by atoms with Crippen LogP contribution in [0, 0.1) is 18.7 Å². The number of carbonyl (C=O) groups excluding carboxylic acids is 1. The van der Waals surface area contributed by atoms with E-state index in [0.717, 1.165) is 41.3 Å². The van der Waals surface area contributed by atoms with Gasteiger partial charge in [0, 0.05) is 22.6 Å². The maximum Gasteiger partial charge on any atom is 0.343 e. The molecule has 0 fully saturated rings. The van der Waals surface area contributed by atoms with Gasteiger partial charge in [0.1, 0.15) is 12.4 Å². The van der Waals surface area contributed by atoms with Gasteiger partial charge in [-0.1, -0.05) is 13.8 Å². The smallest absolute Gasteiger partial charge is 0.343 e. The molecule has 2 aliphatic heterocycles. The van der Waals surface area contributed by atoms with Crippen molar-refractivity contribution in [2.75, 3.05) is 0 Å². The number of cyclic esters (lactones) is 1. The van der Waals surface area contributed by atoms with Gasteiger partial charge in [0.05, 0.1) is 29.0 Å². The molecule has 4 heterocycles. The number of esters is 1. The van der Waals surface area contributed by atoms with Gasteiger partial charge in [0.25, 0.3) is 5.56 Å². The molecule has 0 bridgehead atoms. The normalized spacial score (nSPS) is 20.9. The molecule has 1 N–H and O–H groups in total. The molecule has 1 aliphatic carbocycles. The average molecular weight is 434 g/mol. The lowest BCUT2D eigenvalue weighted by Crippen LogP contribution is -2.48. The number of benzene rings is 1. The summed E-state index contributed by atoms with van der Waals surface area (Å²) in [4.78, 5) is 30.8. The van der Waals surface area contributed by atoms with Crippen LogP contribution in [0.25, 0.3) is 22.3 Å². The lowest BCUT2D eigenvalue weighted by Gasteiger charge is -2.35. The molecule has 0 saturated heterocycles. The van der Waals surface area contributed by atoms with Crippen LogP contribution >= 0.6 is 0 Å². The summed E-state index contributed by atoms with van der Waals surface area (Å²) >= 11 is 0. The van der Waals surface area contributed by atoms with E-state index in [1.165, 1.54) is 6.07 Å². The number of rotatable bonds is 1. The molecule has 0 amide bonds. The Morgan fingerprint density at radius 3 is 2.66 bits per heavy atom. The zero-order valence-corrected chi connectivity index (χ0v) is 18.2. The van der Waals surface area contributed by atoms with E-state index < -0.39 is 17.5 Å². The number of aryl methyl sites for hydroxylation is 2. The van der Waals surface area contributed by atoms with Crippen LogP contribution in [0.2, 0.25) is 0 Å². The molecule has 7 heteroatoms. The molecular weight excluding hydrogens is 411 g/mol. The van der Waals surface area contributed by atoms with E-state index in [4.69, 9.17) is 9.72 Å². The lowest BCUT2D eigenvalue weighted by atomic mass is 9.79. The van der Waals surface area contributed by atoms with Crippen LogP contribution in [0.4, 0.5) is 4.39 Å². The monoisotopic (exact) mass is 434 g/mol. The van der Waals surface area contributed by atoms with Gasteiger partial charge in [-0.25, -0.2) is 14.2 Å². The number of nitrogens with zero attached hydrogens (tertiary/aromatic N) is 2. The molecular formula is C25H23FN2O4. The topological polar surface area (TPSA) is 81.4 Å². The molecule has 6 rings (SSSR count). The summed E-state index contributed by atoms with van der Waals surface area (Å²) in [5.41, 5.74) is 3.98. The average Bonchev–Trinajstić information content (AvgIpc) is 3.14. The van der Waals surface area contributed by atoms with E-state index in [1.807, 2.05) is 6.92 Å². The summed E-state index contributed by atoms with van der Waals surface area (Å²) in [6, 6.07) is 3.19. The van der Waals surface area contributed by atoms with Crippen molar-refractivity contribution < 1.29 is 19.0 Å². The number of carbonyl (C=O) groups is 1. The fraction of sp³-hybridized carbons (Fsp3) is 0.400. The van der Waals surface area contributed by atoms with E-state index in [0.29, 0.717) is 40.1 Å². The zero-order chi connectivity index (χ0) is 22.5. The zero-order valence-electron chi connectivity index (χ0n) is 18.2. The van der Waals surface area contributed by atoms with Crippen LogP contribution in [0.5, 0.6) is 0 Å². The number of hydrogen-bond donors (Lipinski definition) is 1. The molecule has 6 nitrogen and oxygen atoms in total. The highest BCUT2D eigenvalue weighted by molar-refractivity contribution is 5.92. The molecule has 0 spiro atoms. The van der Waals surface area contributed by atoms with Gasteiger partial charge in [-0.15, -0.1) is 0 Å². The number of aliphatic hydroxyl groups is 1. The van der Waals surface area contributed by atoms with Gasteiger partial charge >= 0.3 is 5.97 Å². The standard InChI is InChI=1S/C25H23FN2O4/c1-11(2)25(31)17-7-20-22-15(9-28(20)23(29)16(17)10-32-24(25)30)14-6-4-5-13-12(3)18(26)8-19(27-22)21(13)14/h7-8,11,31H,4-6,9-10H2,1-3H3/t25-/m0/s1. The minimum absolute atomic E-state index is 0.157. The number of hydrogen-bond acceptors (Lipinski definition) is 5. The van der Waals surface area contributed by atoms with Gasteiger partial charge in [0.2, 0.25) is 0 Å². The predicted molar refractivity (Wildman–Crippen MR) is 116 cm³/mol. The first-order valence-corrected chi connectivity index (χ1v) is 11.0. The molecule has 1 aromatic carbocycles. The minimum Gasteiger partial charge on any atom is -0.458 e. The third-order valence-electron chi connectivity index (χ3n) is 7.53. The van der Waals surface area contributed by atoms with Gasteiger partial charge in [-0.3, -0.25) is 4.79 Å². The first-order valence-electron chi connectivity index (χ1n) is 11.0. The summed E-state index contributed by atoms with van der Waals surface area (Å²) in [7, 11) is 0. The molecule has 1 atom stereocenters. The Bertz CT molecular complexity index is 1440. The molecule has 32 heavy (non-hydrogen) atoms. The molecule has 3 aliphatic rings. The largest absolute Gasteiger partial charge is 0.458 e. The van der Waals surface area contributed by atoms with E-state index in [1.54, 1.807) is 24.5 Å². The Labute approximate surface area is 183 Å². The Morgan fingerprint density at radius 2 is 1.91 bits per heavy atom. The highest BCUT2D eigenvalue weighted by Crippen LogP contribution is 2.43. The van der Waals surface area contributed by atoms with Gasteiger partial charge in [-0.05, 0) is 54.9 Å². The Balaban J connectivity index is 1.68. The van der Waals surface area contributed by atoms with Crippen molar-refractivity contribution in [2.45, 2.75) is 58.8 Å². The quantitative estimate of drug-likeness (QED) is 0.465. The fourth-order valence-corrected chi connectivity index (χ4v) is 5.69. The third-order valence-corrected chi connectivity index (χ3v) is 7.53. The van der Waals surface area contributed by atoms with Crippen molar-refractivity contribution in [1.29, 1.82) is 0 Å². The Hall–Kier alpha value is -3.06. The summed E-state index contributed by atoms with van der Waals surface area (Å²) in [6.07, 6.45) is 2.58. The van der Waals surface area contributed by atoms with Crippen LogP contribution in [0.1, 0.15) is 53.6 Å². The molecule has 2 aromatic heterocycles. The summed E-state index contributed by atoms with van der Waals surface area (Å²) < 4.78 is 21.5. The first kappa shape index (κ1) is 19.6. The van der Waals surface area contributed by atoms with Gasteiger partial charge < -0.3 is 14.4 Å². The summed E-state index contributed by atoms with van der Waals surface area (Å²) in [5, 5.41) is 12.3. The van der Waals surface area contributed by atoms with Gasteiger partial charge in [0.15, 0.2) is 5.60 Å². The highest BCUT2D eigenvalue weighted by Gasteiger charge is 2.49. The lowest BCUT2D eigenvalue weighted by molar-refractivity contribution is -0.177. The maximum atomic E-state index is 14.6. The van der Waals surface area contributed by atoms with Crippen molar-refractivity contribution in [3.05, 3.63) is 61.7 Å².